The lowest BCUT2D eigenvalue weighted by Crippen LogP contribution is -2.18. The number of pyridine rings is 1. The highest BCUT2D eigenvalue weighted by Crippen LogP contribution is 2.24. The molecule has 0 aliphatic rings. The molecule has 4 aromatic rings. The summed E-state index contributed by atoms with van der Waals surface area (Å²) in [6.45, 7) is 0. The normalized spacial score (nSPS) is 10.9. The van der Waals surface area contributed by atoms with Crippen molar-refractivity contribution < 1.29 is 13.9 Å². The van der Waals surface area contributed by atoms with Crippen molar-refractivity contribution in [1.82, 2.24) is 10.4 Å². The van der Waals surface area contributed by atoms with Crippen LogP contribution in [0.4, 0.5) is 0 Å². The summed E-state index contributed by atoms with van der Waals surface area (Å²) in [6, 6.07) is 17.4. The summed E-state index contributed by atoms with van der Waals surface area (Å²) < 4.78 is 11.3. The molecule has 7 nitrogen and oxygen atoms in total. The summed E-state index contributed by atoms with van der Waals surface area (Å²) in [5, 5.41) is 4.21. The Labute approximate surface area is 165 Å². The number of nitrogens with one attached hydrogen (secondary N) is 1. The third-order valence-corrected chi connectivity index (χ3v) is 4.06. The SMILES string of the molecule is O=C(NN=Cc1coc2cc(Oc3ccccc3)ccc2c1=O)c1ccncc1. The molecule has 0 spiro atoms. The molecule has 2 heterocycles. The van der Waals surface area contributed by atoms with Gasteiger partial charge in [-0.05, 0) is 36.4 Å². The van der Waals surface area contributed by atoms with E-state index < -0.39 is 5.91 Å². The van der Waals surface area contributed by atoms with Gasteiger partial charge in [-0.1, -0.05) is 18.2 Å². The summed E-state index contributed by atoms with van der Waals surface area (Å²) >= 11 is 0. The first-order chi connectivity index (χ1) is 14.2. The summed E-state index contributed by atoms with van der Waals surface area (Å²) in [6.07, 6.45) is 5.55. The Morgan fingerprint density at radius 1 is 1.03 bits per heavy atom. The molecule has 0 saturated carbocycles. The minimum atomic E-state index is -0.406. The van der Waals surface area contributed by atoms with Gasteiger partial charge < -0.3 is 9.15 Å². The fourth-order valence-corrected chi connectivity index (χ4v) is 2.63. The number of amides is 1. The van der Waals surface area contributed by atoms with Crippen LogP contribution >= 0.6 is 0 Å². The van der Waals surface area contributed by atoms with Crippen LogP contribution < -0.4 is 15.6 Å². The molecule has 0 atom stereocenters. The van der Waals surface area contributed by atoms with E-state index in [2.05, 4.69) is 15.5 Å². The molecule has 7 heteroatoms. The highest BCUT2D eigenvalue weighted by molar-refractivity contribution is 5.95. The number of ether oxygens (including phenoxy) is 1. The van der Waals surface area contributed by atoms with E-state index in [9.17, 15) is 9.59 Å². The second-order valence-corrected chi connectivity index (χ2v) is 6.03. The van der Waals surface area contributed by atoms with Crippen molar-refractivity contribution in [2.45, 2.75) is 0 Å². The topological polar surface area (TPSA) is 93.8 Å². The largest absolute Gasteiger partial charge is 0.463 e. The van der Waals surface area contributed by atoms with Gasteiger partial charge in [0.1, 0.15) is 23.3 Å². The highest BCUT2D eigenvalue weighted by Gasteiger charge is 2.08. The zero-order chi connectivity index (χ0) is 20.1. The van der Waals surface area contributed by atoms with Crippen molar-refractivity contribution >= 4 is 23.1 Å². The van der Waals surface area contributed by atoms with E-state index in [1.165, 1.54) is 24.9 Å². The highest BCUT2D eigenvalue weighted by atomic mass is 16.5. The summed E-state index contributed by atoms with van der Waals surface area (Å²) in [5.74, 6) is 0.831. The van der Waals surface area contributed by atoms with Gasteiger partial charge in [0.25, 0.3) is 5.91 Å². The number of carbonyl (C=O) groups is 1. The molecule has 142 valence electrons. The van der Waals surface area contributed by atoms with E-state index >= 15 is 0 Å². The zero-order valence-electron chi connectivity index (χ0n) is 15.1. The van der Waals surface area contributed by atoms with Crippen molar-refractivity contribution in [3.8, 4) is 11.5 Å². The Morgan fingerprint density at radius 3 is 2.62 bits per heavy atom. The number of rotatable bonds is 5. The molecule has 2 aromatic carbocycles. The Kier molecular flexibility index (Phi) is 5.11. The van der Waals surface area contributed by atoms with E-state index in [0.717, 1.165) is 0 Å². The lowest BCUT2D eigenvalue weighted by atomic mass is 10.2. The van der Waals surface area contributed by atoms with Crippen LogP contribution in [0, 0.1) is 0 Å². The van der Waals surface area contributed by atoms with Gasteiger partial charge in [-0.2, -0.15) is 5.10 Å². The first-order valence-electron chi connectivity index (χ1n) is 8.72. The van der Waals surface area contributed by atoms with Crippen LogP contribution in [0.1, 0.15) is 15.9 Å². The second kappa shape index (κ2) is 8.18. The van der Waals surface area contributed by atoms with Gasteiger partial charge >= 0.3 is 0 Å². The monoisotopic (exact) mass is 385 g/mol. The van der Waals surface area contributed by atoms with E-state index in [1.54, 1.807) is 30.3 Å². The van der Waals surface area contributed by atoms with Gasteiger partial charge in [0.15, 0.2) is 0 Å². The maximum atomic E-state index is 12.6. The first-order valence-corrected chi connectivity index (χ1v) is 8.72. The minimum absolute atomic E-state index is 0.212. The minimum Gasteiger partial charge on any atom is -0.463 e. The van der Waals surface area contributed by atoms with E-state index in [0.29, 0.717) is 28.0 Å². The number of para-hydroxylation sites is 1. The number of hydrazone groups is 1. The van der Waals surface area contributed by atoms with E-state index in [-0.39, 0.29) is 11.0 Å². The quantitative estimate of drug-likeness (QED) is 0.417. The molecule has 1 amide bonds. The maximum Gasteiger partial charge on any atom is 0.271 e. The molecule has 2 aromatic heterocycles. The predicted octanol–water partition coefficient (Wildman–Crippen LogP) is 3.74. The van der Waals surface area contributed by atoms with Crippen molar-refractivity contribution in [3.05, 3.63) is 101 Å². The molecular formula is C22H15N3O4. The molecule has 0 bridgehead atoms. The van der Waals surface area contributed by atoms with Crippen LogP contribution in [-0.2, 0) is 0 Å². The molecule has 1 N–H and O–H groups in total. The van der Waals surface area contributed by atoms with Gasteiger partial charge in [-0.3, -0.25) is 14.6 Å². The fourth-order valence-electron chi connectivity index (χ4n) is 2.63. The summed E-state index contributed by atoms with van der Waals surface area (Å²) in [5.41, 5.74) is 3.11. The van der Waals surface area contributed by atoms with Crippen LogP contribution in [0.5, 0.6) is 11.5 Å². The van der Waals surface area contributed by atoms with Crippen molar-refractivity contribution in [3.63, 3.8) is 0 Å². The fraction of sp³-hybridized carbons (Fsp3) is 0. The van der Waals surface area contributed by atoms with E-state index in [1.807, 2.05) is 30.3 Å². The van der Waals surface area contributed by atoms with Crippen LogP contribution in [0.25, 0.3) is 11.0 Å². The molecular weight excluding hydrogens is 370 g/mol. The average Bonchev–Trinajstić information content (AvgIpc) is 2.76. The molecule has 0 fully saturated rings. The molecule has 0 saturated heterocycles. The Balaban J connectivity index is 1.52. The summed E-state index contributed by atoms with van der Waals surface area (Å²) in [4.78, 5) is 28.4. The Hall–Kier alpha value is -4.26. The molecule has 0 aliphatic carbocycles. The number of fused-ring (bicyclic) bond motifs is 1. The first kappa shape index (κ1) is 18.1. The maximum absolute atomic E-state index is 12.6. The standard InChI is InChI=1S/C22H15N3O4/c26-21-16(13-24-25-22(27)15-8-10-23-11-9-15)14-28-20-12-18(6-7-19(20)21)29-17-4-2-1-3-5-17/h1-14H,(H,25,27). The van der Waals surface area contributed by atoms with Crippen LogP contribution in [0.3, 0.4) is 0 Å². The lowest BCUT2D eigenvalue weighted by molar-refractivity contribution is 0.0955. The van der Waals surface area contributed by atoms with Gasteiger partial charge in [-0.25, -0.2) is 5.43 Å². The average molecular weight is 385 g/mol. The van der Waals surface area contributed by atoms with Crippen LogP contribution in [0.2, 0.25) is 0 Å². The summed E-state index contributed by atoms with van der Waals surface area (Å²) in [7, 11) is 0. The van der Waals surface area contributed by atoms with Gasteiger partial charge in [0.2, 0.25) is 5.43 Å². The Morgan fingerprint density at radius 2 is 1.83 bits per heavy atom. The molecule has 4 rings (SSSR count). The molecule has 0 aliphatic heterocycles. The third-order valence-electron chi connectivity index (χ3n) is 4.06. The third kappa shape index (κ3) is 4.19. The zero-order valence-corrected chi connectivity index (χ0v) is 15.1. The van der Waals surface area contributed by atoms with Crippen molar-refractivity contribution in [1.29, 1.82) is 0 Å². The molecule has 29 heavy (non-hydrogen) atoms. The van der Waals surface area contributed by atoms with Crippen molar-refractivity contribution in [2.75, 3.05) is 0 Å². The second-order valence-electron chi connectivity index (χ2n) is 6.03. The smallest absolute Gasteiger partial charge is 0.271 e. The number of hydrogen-bond acceptors (Lipinski definition) is 6. The Bertz CT molecular complexity index is 1240. The van der Waals surface area contributed by atoms with Gasteiger partial charge in [0.05, 0.1) is 17.2 Å². The number of nitrogens with zero attached hydrogens (tertiary/aromatic N) is 2. The lowest BCUT2D eigenvalue weighted by Gasteiger charge is -2.06. The van der Waals surface area contributed by atoms with Crippen LogP contribution in [0.15, 0.2) is 93.6 Å². The predicted molar refractivity (Wildman–Crippen MR) is 108 cm³/mol. The van der Waals surface area contributed by atoms with Gasteiger partial charge in [-0.15, -0.1) is 0 Å². The number of benzene rings is 2. The van der Waals surface area contributed by atoms with Crippen molar-refractivity contribution in [2.24, 2.45) is 5.10 Å². The van der Waals surface area contributed by atoms with Crippen LogP contribution in [-0.4, -0.2) is 17.1 Å². The van der Waals surface area contributed by atoms with E-state index in [4.69, 9.17) is 9.15 Å². The number of aromatic nitrogens is 1. The van der Waals surface area contributed by atoms with Gasteiger partial charge in [0, 0.05) is 24.0 Å². The number of hydrogen-bond donors (Lipinski definition) is 1. The number of carbonyl (C=O) groups excluding carboxylic acids is 1. The molecule has 0 unspecified atom stereocenters. The molecule has 0 radical (unpaired) electrons.